The first kappa shape index (κ1) is 15.7. The summed E-state index contributed by atoms with van der Waals surface area (Å²) in [5, 5.41) is 12.4. The maximum Gasteiger partial charge on any atom is 0.320 e. The average molecular weight is 309 g/mol. The number of carbonyl (C=O) groups is 2. The third-order valence-corrected chi connectivity index (χ3v) is 5.73. The number of likely N-dealkylation sites (tertiary alicyclic amines) is 2. The second-order valence-corrected chi connectivity index (χ2v) is 7.13. The van der Waals surface area contributed by atoms with E-state index in [0.29, 0.717) is 13.0 Å². The van der Waals surface area contributed by atoms with Gasteiger partial charge in [0, 0.05) is 12.6 Å². The molecule has 2 N–H and O–H groups in total. The van der Waals surface area contributed by atoms with Crippen molar-refractivity contribution in [2.75, 3.05) is 26.7 Å². The molecule has 2 saturated heterocycles. The van der Waals surface area contributed by atoms with Crippen molar-refractivity contribution in [1.29, 1.82) is 0 Å². The summed E-state index contributed by atoms with van der Waals surface area (Å²) in [6.07, 6.45) is 7.00. The number of rotatable bonds is 4. The van der Waals surface area contributed by atoms with Crippen molar-refractivity contribution < 1.29 is 14.7 Å². The van der Waals surface area contributed by atoms with E-state index in [1.165, 1.54) is 12.8 Å². The van der Waals surface area contributed by atoms with Crippen molar-refractivity contribution >= 4 is 11.9 Å². The minimum atomic E-state index is -0.797. The van der Waals surface area contributed by atoms with Gasteiger partial charge in [0.25, 0.3) is 0 Å². The molecule has 0 aromatic rings. The van der Waals surface area contributed by atoms with Gasteiger partial charge < -0.3 is 10.4 Å². The molecule has 22 heavy (non-hydrogen) atoms. The minimum Gasteiger partial charge on any atom is -0.480 e. The zero-order valence-corrected chi connectivity index (χ0v) is 13.4. The van der Waals surface area contributed by atoms with Crippen LogP contribution in [0.3, 0.4) is 0 Å². The van der Waals surface area contributed by atoms with E-state index in [2.05, 4.69) is 10.2 Å². The molecule has 0 unspecified atom stereocenters. The molecular formula is C16H27N3O3. The fourth-order valence-electron chi connectivity index (χ4n) is 4.50. The molecule has 3 aliphatic rings. The Morgan fingerprint density at radius 3 is 2.32 bits per heavy atom. The number of amides is 1. The molecule has 2 heterocycles. The van der Waals surface area contributed by atoms with Gasteiger partial charge in [0.15, 0.2) is 0 Å². The molecule has 124 valence electrons. The molecule has 6 heteroatoms. The smallest absolute Gasteiger partial charge is 0.320 e. The van der Waals surface area contributed by atoms with Gasteiger partial charge in [-0.2, -0.15) is 0 Å². The highest BCUT2D eigenvalue weighted by Crippen LogP contribution is 2.38. The normalized spacial score (nSPS) is 32.4. The van der Waals surface area contributed by atoms with Crippen LogP contribution in [0.15, 0.2) is 0 Å². The maximum absolute atomic E-state index is 13.0. The predicted molar refractivity (Wildman–Crippen MR) is 82.6 cm³/mol. The van der Waals surface area contributed by atoms with E-state index < -0.39 is 12.0 Å². The first-order valence-electron chi connectivity index (χ1n) is 8.52. The molecule has 2 aliphatic heterocycles. The van der Waals surface area contributed by atoms with Gasteiger partial charge in [-0.1, -0.05) is 12.8 Å². The highest BCUT2D eigenvalue weighted by molar-refractivity contribution is 5.87. The fraction of sp³-hybridized carbons (Fsp3) is 0.875. The van der Waals surface area contributed by atoms with Crippen LogP contribution in [0.1, 0.15) is 44.9 Å². The van der Waals surface area contributed by atoms with Crippen LogP contribution >= 0.6 is 0 Å². The van der Waals surface area contributed by atoms with Crippen LogP contribution in [-0.4, -0.2) is 71.1 Å². The third kappa shape index (κ3) is 2.74. The molecule has 1 aliphatic carbocycles. The Morgan fingerprint density at radius 1 is 1.14 bits per heavy atom. The van der Waals surface area contributed by atoms with Crippen LogP contribution < -0.4 is 5.32 Å². The second-order valence-electron chi connectivity index (χ2n) is 7.13. The van der Waals surface area contributed by atoms with Gasteiger partial charge in [-0.05, 0) is 52.2 Å². The topological polar surface area (TPSA) is 72.9 Å². The lowest BCUT2D eigenvalue weighted by Gasteiger charge is -2.38. The van der Waals surface area contributed by atoms with E-state index in [1.807, 2.05) is 11.9 Å². The standard InChI is InChI=1S/C16H27N3O3/c1-18-11-12(10-13(18)14(20)21)17-15(22)16(6-2-3-7-16)19-8-4-5-9-19/h12-13H,2-11H2,1H3,(H,17,22)(H,20,21)/t12-,13+/m1/s1. The molecule has 6 nitrogen and oxygen atoms in total. The second kappa shape index (κ2) is 6.16. The Balaban J connectivity index is 1.66. The van der Waals surface area contributed by atoms with Crippen molar-refractivity contribution in [3.05, 3.63) is 0 Å². The van der Waals surface area contributed by atoms with Crippen LogP contribution in [0.2, 0.25) is 0 Å². The Bertz CT molecular complexity index is 442. The monoisotopic (exact) mass is 309 g/mol. The summed E-state index contributed by atoms with van der Waals surface area (Å²) in [6, 6.07) is -0.518. The molecule has 1 amide bonds. The van der Waals surface area contributed by atoms with Gasteiger partial charge in [-0.25, -0.2) is 0 Å². The number of nitrogens with zero attached hydrogens (tertiary/aromatic N) is 2. The number of carboxylic acid groups (broad SMARTS) is 1. The largest absolute Gasteiger partial charge is 0.480 e. The van der Waals surface area contributed by atoms with Crippen LogP contribution in [0, 0.1) is 0 Å². The molecule has 1 saturated carbocycles. The van der Waals surface area contributed by atoms with E-state index in [-0.39, 0.29) is 17.5 Å². The summed E-state index contributed by atoms with van der Waals surface area (Å²) in [5.41, 5.74) is -0.323. The van der Waals surface area contributed by atoms with Gasteiger partial charge in [0.1, 0.15) is 11.6 Å². The van der Waals surface area contributed by atoms with Crippen LogP contribution in [0.25, 0.3) is 0 Å². The summed E-state index contributed by atoms with van der Waals surface area (Å²) >= 11 is 0. The summed E-state index contributed by atoms with van der Waals surface area (Å²) < 4.78 is 0. The van der Waals surface area contributed by atoms with Crippen LogP contribution in [0.5, 0.6) is 0 Å². The number of hydrogen-bond donors (Lipinski definition) is 2. The molecule has 0 spiro atoms. The highest BCUT2D eigenvalue weighted by Gasteiger charge is 2.48. The Hall–Kier alpha value is -1.14. The third-order valence-electron chi connectivity index (χ3n) is 5.73. The first-order chi connectivity index (χ1) is 10.5. The van der Waals surface area contributed by atoms with Crippen molar-refractivity contribution in [2.24, 2.45) is 0 Å². The lowest BCUT2D eigenvalue weighted by molar-refractivity contribution is -0.141. The van der Waals surface area contributed by atoms with Crippen LogP contribution in [0.4, 0.5) is 0 Å². The molecule has 0 bridgehead atoms. The van der Waals surface area contributed by atoms with Gasteiger partial charge in [-0.15, -0.1) is 0 Å². The quantitative estimate of drug-likeness (QED) is 0.798. The van der Waals surface area contributed by atoms with E-state index in [9.17, 15) is 14.7 Å². The lowest BCUT2D eigenvalue weighted by Crippen LogP contribution is -2.58. The van der Waals surface area contributed by atoms with Gasteiger partial charge in [-0.3, -0.25) is 19.4 Å². The Kier molecular flexibility index (Phi) is 4.41. The first-order valence-corrected chi connectivity index (χ1v) is 8.52. The van der Waals surface area contributed by atoms with E-state index >= 15 is 0 Å². The zero-order valence-electron chi connectivity index (χ0n) is 13.4. The molecule has 0 aromatic heterocycles. The van der Waals surface area contributed by atoms with Gasteiger partial charge in [0.2, 0.25) is 5.91 Å². The summed E-state index contributed by atoms with van der Waals surface area (Å²) in [7, 11) is 1.82. The average Bonchev–Trinajstić information content (AvgIpc) is 3.18. The van der Waals surface area contributed by atoms with E-state index in [1.54, 1.807) is 0 Å². The molecule has 3 fully saturated rings. The summed E-state index contributed by atoms with van der Waals surface area (Å²) in [6.45, 7) is 2.67. The molecule has 2 atom stereocenters. The SMILES string of the molecule is CN1C[C@H](NC(=O)C2(N3CCCC3)CCCC2)C[C@H]1C(=O)O. The Morgan fingerprint density at radius 2 is 1.77 bits per heavy atom. The summed E-state index contributed by atoms with van der Waals surface area (Å²) in [5.74, 6) is -0.661. The van der Waals surface area contributed by atoms with Crippen molar-refractivity contribution in [3.8, 4) is 0 Å². The number of nitrogens with one attached hydrogen (secondary N) is 1. The summed E-state index contributed by atoms with van der Waals surface area (Å²) in [4.78, 5) is 28.4. The number of carbonyl (C=O) groups excluding carboxylic acids is 1. The molecule has 0 radical (unpaired) electrons. The van der Waals surface area contributed by atoms with Crippen molar-refractivity contribution in [1.82, 2.24) is 15.1 Å². The van der Waals surface area contributed by atoms with Gasteiger partial charge in [0.05, 0.1) is 0 Å². The van der Waals surface area contributed by atoms with Crippen molar-refractivity contribution in [2.45, 2.75) is 62.6 Å². The maximum atomic E-state index is 13.0. The van der Waals surface area contributed by atoms with Crippen molar-refractivity contribution in [3.63, 3.8) is 0 Å². The fourth-order valence-corrected chi connectivity index (χ4v) is 4.50. The van der Waals surface area contributed by atoms with Gasteiger partial charge >= 0.3 is 5.97 Å². The van der Waals surface area contributed by atoms with E-state index in [0.717, 1.165) is 38.8 Å². The Labute approximate surface area is 131 Å². The molecule has 0 aromatic carbocycles. The molecule has 3 rings (SSSR count). The number of hydrogen-bond acceptors (Lipinski definition) is 4. The van der Waals surface area contributed by atoms with Crippen LogP contribution in [-0.2, 0) is 9.59 Å². The highest BCUT2D eigenvalue weighted by atomic mass is 16.4. The number of likely N-dealkylation sites (N-methyl/N-ethyl adjacent to an activating group) is 1. The minimum absolute atomic E-state index is 0.0429. The lowest BCUT2D eigenvalue weighted by atomic mass is 9.93. The number of aliphatic carboxylic acids is 1. The predicted octanol–water partition coefficient (Wildman–Crippen LogP) is 0.669. The zero-order chi connectivity index (χ0) is 15.7. The number of carboxylic acids is 1. The molecular weight excluding hydrogens is 282 g/mol. The van der Waals surface area contributed by atoms with E-state index in [4.69, 9.17) is 0 Å².